The van der Waals surface area contributed by atoms with Crippen LogP contribution < -0.4 is 5.32 Å². The lowest BCUT2D eigenvalue weighted by Crippen LogP contribution is -2.30. The van der Waals surface area contributed by atoms with Gasteiger partial charge in [0.15, 0.2) is 5.13 Å². The molecule has 0 aliphatic heterocycles. The highest BCUT2D eigenvalue weighted by Gasteiger charge is 2.27. The zero-order valence-electron chi connectivity index (χ0n) is 15.9. The molecular weight excluding hydrogens is 377 g/mol. The van der Waals surface area contributed by atoms with Crippen LogP contribution in [0.15, 0.2) is 10.5 Å². The molecule has 1 rings (SSSR count). The van der Waals surface area contributed by atoms with Crippen LogP contribution in [0.5, 0.6) is 0 Å². The fourth-order valence-electron chi connectivity index (χ4n) is 1.69. The summed E-state index contributed by atoms with van der Waals surface area (Å²) in [5.41, 5.74) is -1.24. The Bertz CT molecular complexity index is 727. The SMILES string of the molecule is BOC(=O)[C@@H](O/N=C(\C(=O)O)c1csc(NC(=O)OC(C)(C)C)n1)C(C)C. The molecule has 1 aromatic rings. The van der Waals surface area contributed by atoms with Gasteiger partial charge in [-0.25, -0.2) is 19.4 Å². The van der Waals surface area contributed by atoms with E-state index in [1.54, 1.807) is 34.6 Å². The van der Waals surface area contributed by atoms with Gasteiger partial charge in [-0.3, -0.25) is 5.32 Å². The van der Waals surface area contributed by atoms with Gasteiger partial charge in [0.25, 0.3) is 0 Å². The molecule has 1 heterocycles. The van der Waals surface area contributed by atoms with E-state index in [2.05, 4.69) is 20.1 Å². The van der Waals surface area contributed by atoms with E-state index in [1.807, 2.05) is 0 Å². The number of carboxylic acids is 1. The number of oxime groups is 1. The van der Waals surface area contributed by atoms with E-state index in [4.69, 9.17) is 9.57 Å². The number of anilines is 1. The summed E-state index contributed by atoms with van der Waals surface area (Å²) < 4.78 is 9.70. The highest BCUT2D eigenvalue weighted by atomic mass is 32.1. The van der Waals surface area contributed by atoms with Gasteiger partial charge in [-0.1, -0.05) is 19.0 Å². The van der Waals surface area contributed by atoms with E-state index in [-0.39, 0.29) is 16.7 Å². The number of thiazole rings is 1. The van der Waals surface area contributed by atoms with Crippen LogP contribution in [-0.4, -0.2) is 53.6 Å². The first kappa shape index (κ1) is 22.4. The van der Waals surface area contributed by atoms with Gasteiger partial charge in [0.2, 0.25) is 11.8 Å². The lowest BCUT2D eigenvalue weighted by Gasteiger charge is -2.18. The summed E-state index contributed by atoms with van der Waals surface area (Å²) in [4.78, 5) is 44.0. The van der Waals surface area contributed by atoms with E-state index in [0.717, 1.165) is 11.3 Å². The maximum atomic E-state index is 11.7. The first-order valence-corrected chi connectivity index (χ1v) is 8.83. The molecule has 2 N–H and O–H groups in total. The maximum absolute atomic E-state index is 11.7. The van der Waals surface area contributed by atoms with Crippen LogP contribution in [0.3, 0.4) is 0 Å². The number of nitrogens with zero attached hydrogens (tertiary/aromatic N) is 2. The van der Waals surface area contributed by atoms with Crippen molar-refractivity contribution in [3.05, 3.63) is 11.1 Å². The van der Waals surface area contributed by atoms with Crippen LogP contribution in [0.25, 0.3) is 0 Å². The predicted molar refractivity (Wildman–Crippen MR) is 100 cm³/mol. The summed E-state index contributed by atoms with van der Waals surface area (Å²) in [6.45, 7) is 8.52. The molecule has 12 heteroatoms. The van der Waals surface area contributed by atoms with Crippen molar-refractivity contribution in [1.29, 1.82) is 0 Å². The first-order chi connectivity index (χ1) is 12.4. The molecule has 0 unspecified atom stereocenters. The van der Waals surface area contributed by atoms with Crippen molar-refractivity contribution in [2.75, 3.05) is 5.32 Å². The molecule has 27 heavy (non-hydrogen) atoms. The van der Waals surface area contributed by atoms with Crippen molar-refractivity contribution >= 4 is 48.3 Å². The van der Waals surface area contributed by atoms with Crippen molar-refractivity contribution in [3.63, 3.8) is 0 Å². The van der Waals surface area contributed by atoms with E-state index >= 15 is 0 Å². The molecule has 0 aliphatic carbocycles. The van der Waals surface area contributed by atoms with E-state index in [1.165, 1.54) is 13.4 Å². The van der Waals surface area contributed by atoms with Gasteiger partial charge < -0.3 is 19.3 Å². The monoisotopic (exact) mass is 399 g/mol. The normalized spacial score (nSPS) is 13.0. The number of aromatic nitrogens is 1. The minimum absolute atomic E-state index is 0.0362. The van der Waals surface area contributed by atoms with Crippen LogP contribution in [0.4, 0.5) is 9.93 Å². The van der Waals surface area contributed by atoms with Crippen LogP contribution in [-0.2, 0) is 23.8 Å². The molecule has 0 fully saturated rings. The molecule has 0 saturated carbocycles. The first-order valence-electron chi connectivity index (χ1n) is 7.95. The number of carbonyl (C=O) groups is 3. The molecule has 148 valence electrons. The third-order valence-corrected chi connectivity index (χ3v) is 3.61. The summed E-state index contributed by atoms with van der Waals surface area (Å²) in [5, 5.41) is 16.8. The average Bonchev–Trinajstić information content (AvgIpc) is 2.95. The molecule has 10 nitrogen and oxygen atoms in total. The van der Waals surface area contributed by atoms with Gasteiger partial charge in [0, 0.05) is 11.3 Å². The van der Waals surface area contributed by atoms with Crippen molar-refractivity contribution < 1.29 is 33.7 Å². The van der Waals surface area contributed by atoms with Crippen molar-refractivity contribution in [3.8, 4) is 0 Å². The van der Waals surface area contributed by atoms with Crippen LogP contribution in [0, 0.1) is 5.92 Å². The predicted octanol–water partition coefficient (Wildman–Crippen LogP) is 1.41. The number of carbonyl (C=O) groups excluding carboxylic acids is 2. The Morgan fingerprint density at radius 3 is 2.44 bits per heavy atom. The van der Waals surface area contributed by atoms with Crippen molar-refractivity contribution in [2.24, 2.45) is 11.1 Å². The number of aliphatic carboxylic acids is 1. The Kier molecular flexibility index (Phi) is 7.76. The number of hydrogen-bond donors (Lipinski definition) is 2. The molecule has 1 aromatic heterocycles. The number of rotatable bonds is 7. The Labute approximate surface area is 161 Å². The molecule has 0 spiro atoms. The molecule has 1 atom stereocenters. The van der Waals surface area contributed by atoms with Gasteiger partial charge in [0.05, 0.1) is 0 Å². The number of hydrogen-bond acceptors (Lipinski definition) is 9. The zero-order chi connectivity index (χ0) is 20.8. The third-order valence-electron chi connectivity index (χ3n) is 2.85. The second-order valence-corrected chi connectivity index (χ2v) is 7.56. The molecule has 0 aromatic carbocycles. The van der Waals surface area contributed by atoms with Crippen LogP contribution in [0.1, 0.15) is 40.3 Å². The summed E-state index contributed by atoms with van der Waals surface area (Å²) >= 11 is 0.987. The van der Waals surface area contributed by atoms with Crippen molar-refractivity contribution in [2.45, 2.75) is 46.3 Å². The second-order valence-electron chi connectivity index (χ2n) is 6.70. The second kappa shape index (κ2) is 9.35. The molecule has 1 amide bonds. The maximum Gasteiger partial charge on any atom is 0.413 e. The molecule has 0 aliphatic rings. The summed E-state index contributed by atoms with van der Waals surface area (Å²) in [5.74, 6) is -2.38. The number of ether oxygens (including phenoxy) is 1. The van der Waals surface area contributed by atoms with Gasteiger partial charge in [-0.15, -0.1) is 11.3 Å². The Morgan fingerprint density at radius 1 is 1.33 bits per heavy atom. The average molecular weight is 399 g/mol. The smallest absolute Gasteiger partial charge is 0.413 e. The third kappa shape index (κ3) is 7.25. The molecule has 0 bridgehead atoms. The quantitative estimate of drug-likeness (QED) is 0.399. The van der Waals surface area contributed by atoms with Gasteiger partial charge >= 0.3 is 26.1 Å². The Hall–Kier alpha value is -2.63. The van der Waals surface area contributed by atoms with Gasteiger partial charge in [-0.05, 0) is 20.8 Å². The van der Waals surface area contributed by atoms with E-state index < -0.39 is 35.4 Å². The number of carboxylic acid groups (broad SMARTS) is 1. The van der Waals surface area contributed by atoms with E-state index in [0.29, 0.717) is 0 Å². The lowest BCUT2D eigenvalue weighted by molar-refractivity contribution is -0.150. The van der Waals surface area contributed by atoms with Crippen LogP contribution in [0.2, 0.25) is 0 Å². The Balaban J connectivity index is 2.96. The highest BCUT2D eigenvalue weighted by molar-refractivity contribution is 7.14. The summed E-state index contributed by atoms with van der Waals surface area (Å²) in [6, 6.07) is 0. The Morgan fingerprint density at radius 2 is 1.96 bits per heavy atom. The number of amides is 1. The fourth-order valence-corrected chi connectivity index (χ4v) is 2.37. The largest absolute Gasteiger partial charge is 0.541 e. The lowest BCUT2D eigenvalue weighted by atomic mass is 10.1. The zero-order valence-corrected chi connectivity index (χ0v) is 16.7. The minimum atomic E-state index is -1.41. The molecular formula is C15H22BN3O7S. The van der Waals surface area contributed by atoms with Crippen molar-refractivity contribution in [1.82, 2.24) is 4.98 Å². The summed E-state index contributed by atoms with van der Waals surface area (Å²) in [7, 11) is 1.19. The molecule has 0 saturated heterocycles. The van der Waals surface area contributed by atoms with Gasteiger partial charge in [0.1, 0.15) is 11.3 Å². The molecule has 0 radical (unpaired) electrons. The summed E-state index contributed by atoms with van der Waals surface area (Å²) in [6.07, 6.45) is -1.79. The minimum Gasteiger partial charge on any atom is -0.541 e. The fraction of sp³-hybridized carbons (Fsp3) is 0.533. The topological polar surface area (TPSA) is 136 Å². The highest BCUT2D eigenvalue weighted by Crippen LogP contribution is 2.18. The van der Waals surface area contributed by atoms with Crippen LogP contribution >= 0.6 is 11.3 Å². The number of nitrogens with one attached hydrogen (secondary N) is 1. The standard InChI is InChI=1S/C15H22BN3O7S/c1-7(2)10(12(22)25-16)26-19-9(11(20)21)8-6-27-13(17-8)18-14(23)24-15(3,4)5/h6-7,10H,16H2,1-5H3,(H,20,21)(H,17,18,23)/b19-9-/t10-/m0/s1. The van der Waals surface area contributed by atoms with E-state index in [9.17, 15) is 19.5 Å². The van der Waals surface area contributed by atoms with Gasteiger partial charge in [-0.2, -0.15) is 0 Å².